The van der Waals surface area contributed by atoms with Crippen LogP contribution in [0.5, 0.6) is 0 Å². The maximum Gasteiger partial charge on any atom is 0.252 e. The molecule has 0 saturated carbocycles. The Morgan fingerprint density at radius 3 is 2.71 bits per heavy atom. The molecule has 0 saturated heterocycles. The average molecular weight is 231 g/mol. The fourth-order valence-corrected chi connectivity index (χ4v) is 1.58. The molecular weight excluding hydrogens is 218 g/mol. The van der Waals surface area contributed by atoms with Gasteiger partial charge < -0.3 is 11.1 Å². The van der Waals surface area contributed by atoms with Gasteiger partial charge in [-0.3, -0.25) is 9.48 Å². The molecule has 6 heteroatoms. The van der Waals surface area contributed by atoms with Crippen molar-refractivity contribution in [1.82, 2.24) is 14.8 Å². The topological polar surface area (TPSA) is 85.8 Å². The molecule has 0 radical (unpaired) electrons. The van der Waals surface area contributed by atoms with Crippen molar-refractivity contribution < 1.29 is 4.79 Å². The zero-order valence-corrected chi connectivity index (χ0v) is 9.64. The number of carbonyl (C=O) groups excluding carboxylic acids is 1. The zero-order chi connectivity index (χ0) is 12.4. The minimum atomic E-state index is -0.507. The molecule has 2 aromatic heterocycles. The number of rotatable bonds is 3. The van der Waals surface area contributed by atoms with Crippen LogP contribution in [0, 0.1) is 0 Å². The zero-order valence-electron chi connectivity index (χ0n) is 9.64. The summed E-state index contributed by atoms with van der Waals surface area (Å²) in [7, 11) is 3.52. The fourth-order valence-electron chi connectivity index (χ4n) is 1.58. The Kier molecular flexibility index (Phi) is 2.78. The molecule has 0 aliphatic rings. The third-order valence-electron chi connectivity index (χ3n) is 2.43. The Bertz CT molecular complexity index is 561. The number of anilines is 1. The minimum Gasteiger partial charge on any atom is -0.372 e. The van der Waals surface area contributed by atoms with E-state index >= 15 is 0 Å². The molecule has 6 nitrogen and oxygen atoms in total. The Hall–Kier alpha value is -2.37. The molecule has 2 heterocycles. The van der Waals surface area contributed by atoms with Gasteiger partial charge in [-0.05, 0) is 6.07 Å². The van der Waals surface area contributed by atoms with Gasteiger partial charge in [-0.1, -0.05) is 0 Å². The molecule has 0 aromatic carbocycles. The first-order chi connectivity index (χ1) is 8.11. The third-order valence-corrected chi connectivity index (χ3v) is 2.43. The highest BCUT2D eigenvalue weighted by molar-refractivity contribution is 5.98. The van der Waals surface area contributed by atoms with E-state index in [2.05, 4.69) is 15.4 Å². The highest BCUT2D eigenvalue weighted by Crippen LogP contribution is 2.22. The Morgan fingerprint density at radius 2 is 2.18 bits per heavy atom. The van der Waals surface area contributed by atoms with Crippen molar-refractivity contribution in [2.75, 3.05) is 12.4 Å². The molecule has 0 fully saturated rings. The first-order valence-corrected chi connectivity index (χ1v) is 5.08. The lowest BCUT2D eigenvalue weighted by atomic mass is 10.1. The van der Waals surface area contributed by atoms with Crippen LogP contribution in [0.15, 0.2) is 24.7 Å². The number of nitrogens with zero attached hydrogens (tertiary/aromatic N) is 3. The van der Waals surface area contributed by atoms with Gasteiger partial charge in [0.2, 0.25) is 0 Å². The number of primary amides is 1. The molecule has 2 aromatic rings. The van der Waals surface area contributed by atoms with Crippen molar-refractivity contribution in [1.29, 1.82) is 0 Å². The Labute approximate surface area is 98.5 Å². The van der Waals surface area contributed by atoms with Gasteiger partial charge >= 0.3 is 0 Å². The molecule has 0 atom stereocenters. The number of aromatic nitrogens is 3. The number of pyridine rings is 1. The molecule has 17 heavy (non-hydrogen) atoms. The van der Waals surface area contributed by atoms with Crippen molar-refractivity contribution in [2.45, 2.75) is 0 Å². The first-order valence-electron chi connectivity index (χ1n) is 5.08. The monoisotopic (exact) mass is 231 g/mol. The highest BCUT2D eigenvalue weighted by atomic mass is 16.1. The van der Waals surface area contributed by atoms with Crippen LogP contribution in [-0.2, 0) is 7.05 Å². The molecule has 0 unspecified atom stereocenters. The molecule has 2 rings (SSSR count). The van der Waals surface area contributed by atoms with Crippen LogP contribution < -0.4 is 11.1 Å². The first kappa shape index (κ1) is 11.1. The summed E-state index contributed by atoms with van der Waals surface area (Å²) < 4.78 is 1.69. The van der Waals surface area contributed by atoms with Crippen LogP contribution in [0.3, 0.4) is 0 Å². The van der Waals surface area contributed by atoms with Gasteiger partial charge in [0.05, 0.1) is 11.8 Å². The van der Waals surface area contributed by atoms with E-state index in [-0.39, 0.29) is 0 Å². The maximum absolute atomic E-state index is 11.3. The summed E-state index contributed by atoms with van der Waals surface area (Å²) in [5.74, 6) is -0.0299. The van der Waals surface area contributed by atoms with Crippen molar-refractivity contribution in [2.24, 2.45) is 12.8 Å². The summed E-state index contributed by atoms with van der Waals surface area (Å²) in [6, 6.07) is 1.71. The van der Waals surface area contributed by atoms with E-state index in [1.165, 1.54) is 0 Å². The largest absolute Gasteiger partial charge is 0.372 e. The van der Waals surface area contributed by atoms with Gasteiger partial charge in [0.25, 0.3) is 5.91 Å². The second kappa shape index (κ2) is 4.25. The molecule has 1 amide bonds. The number of nitrogens with one attached hydrogen (secondary N) is 1. The van der Waals surface area contributed by atoms with Crippen LogP contribution in [0.25, 0.3) is 11.1 Å². The number of hydrogen-bond acceptors (Lipinski definition) is 4. The summed E-state index contributed by atoms with van der Waals surface area (Å²) in [4.78, 5) is 15.4. The fraction of sp³-hybridized carbons (Fsp3) is 0.182. The number of nitrogens with two attached hydrogens (primary N) is 1. The highest BCUT2D eigenvalue weighted by Gasteiger charge is 2.11. The smallest absolute Gasteiger partial charge is 0.252 e. The predicted molar refractivity (Wildman–Crippen MR) is 64.5 cm³/mol. The summed E-state index contributed by atoms with van der Waals surface area (Å²) in [5.41, 5.74) is 7.38. The second-order valence-electron chi connectivity index (χ2n) is 3.64. The number of amides is 1. The molecule has 0 aliphatic carbocycles. The average Bonchev–Trinajstić information content (AvgIpc) is 2.75. The molecule has 0 spiro atoms. The third kappa shape index (κ3) is 2.10. The Balaban J connectivity index is 2.50. The van der Waals surface area contributed by atoms with E-state index in [4.69, 9.17) is 5.73 Å². The van der Waals surface area contributed by atoms with Crippen LogP contribution in [0.2, 0.25) is 0 Å². The van der Waals surface area contributed by atoms with Crippen molar-refractivity contribution in [3.8, 4) is 11.1 Å². The van der Waals surface area contributed by atoms with Gasteiger partial charge in [0, 0.05) is 37.6 Å². The van der Waals surface area contributed by atoms with E-state index in [1.54, 1.807) is 30.2 Å². The minimum absolute atomic E-state index is 0.369. The summed E-state index contributed by atoms with van der Waals surface area (Å²) in [6.45, 7) is 0. The molecule has 3 N–H and O–H groups in total. The van der Waals surface area contributed by atoms with Crippen molar-refractivity contribution in [3.63, 3.8) is 0 Å². The lowest BCUT2D eigenvalue weighted by Gasteiger charge is -2.06. The van der Waals surface area contributed by atoms with Gasteiger partial charge in [-0.25, -0.2) is 4.98 Å². The lowest BCUT2D eigenvalue weighted by molar-refractivity contribution is 0.100. The quantitative estimate of drug-likeness (QED) is 0.811. The summed E-state index contributed by atoms with van der Waals surface area (Å²) in [6.07, 6.45) is 5.23. The number of hydrogen-bond donors (Lipinski definition) is 2. The van der Waals surface area contributed by atoms with Gasteiger partial charge in [-0.2, -0.15) is 5.10 Å². The Morgan fingerprint density at radius 1 is 1.41 bits per heavy atom. The van der Waals surface area contributed by atoms with E-state index in [0.29, 0.717) is 11.4 Å². The van der Waals surface area contributed by atoms with E-state index in [0.717, 1.165) is 11.1 Å². The molecule has 88 valence electrons. The summed E-state index contributed by atoms with van der Waals surface area (Å²) >= 11 is 0. The van der Waals surface area contributed by atoms with Crippen LogP contribution >= 0.6 is 0 Å². The van der Waals surface area contributed by atoms with Crippen LogP contribution in [0.1, 0.15) is 10.4 Å². The lowest BCUT2D eigenvalue weighted by Crippen LogP contribution is -2.14. The summed E-state index contributed by atoms with van der Waals surface area (Å²) in [5, 5.41) is 6.90. The van der Waals surface area contributed by atoms with Crippen LogP contribution in [-0.4, -0.2) is 27.7 Å². The van der Waals surface area contributed by atoms with Crippen LogP contribution in [0.4, 0.5) is 5.82 Å². The normalized spacial score (nSPS) is 10.2. The van der Waals surface area contributed by atoms with E-state index < -0.39 is 5.91 Å². The van der Waals surface area contributed by atoms with Gasteiger partial charge in [0.15, 0.2) is 0 Å². The van der Waals surface area contributed by atoms with Gasteiger partial charge in [0.1, 0.15) is 5.82 Å². The van der Waals surface area contributed by atoms with E-state index in [9.17, 15) is 4.79 Å². The second-order valence-corrected chi connectivity index (χ2v) is 3.64. The SMILES string of the molecule is CNc1ncc(-c2cnn(C)c2)cc1C(N)=O. The molecule has 0 bridgehead atoms. The standard InChI is InChI=1S/C11H13N5O/c1-13-11-9(10(12)17)3-7(4-14-11)8-5-15-16(2)6-8/h3-6H,1-2H3,(H2,12,17)(H,13,14). The maximum atomic E-state index is 11.3. The number of aryl methyl sites for hydroxylation is 1. The molecular formula is C11H13N5O. The number of carbonyl (C=O) groups is 1. The predicted octanol–water partition coefficient (Wildman–Crippen LogP) is 0.623. The van der Waals surface area contributed by atoms with Crippen molar-refractivity contribution >= 4 is 11.7 Å². The van der Waals surface area contributed by atoms with Gasteiger partial charge in [-0.15, -0.1) is 0 Å². The van der Waals surface area contributed by atoms with Crippen molar-refractivity contribution in [3.05, 3.63) is 30.2 Å². The van der Waals surface area contributed by atoms with E-state index in [1.807, 2.05) is 13.2 Å². The molecule has 0 aliphatic heterocycles.